The van der Waals surface area contributed by atoms with Crippen LogP contribution in [0.1, 0.15) is 0 Å². The van der Waals surface area contributed by atoms with Gasteiger partial charge < -0.3 is 10.3 Å². The van der Waals surface area contributed by atoms with E-state index in [1.54, 1.807) is 24.3 Å². The molecule has 2 rings (SSSR count). The van der Waals surface area contributed by atoms with E-state index in [0.29, 0.717) is 10.7 Å². The first-order valence-corrected chi connectivity index (χ1v) is 5.78. The summed E-state index contributed by atoms with van der Waals surface area (Å²) in [6, 6.07) is 7.75. The van der Waals surface area contributed by atoms with E-state index in [9.17, 15) is 14.4 Å². The smallest absolute Gasteiger partial charge is 0.324 e. The number of carbonyl (C=O) groups excluding carboxylic acids is 1. The lowest BCUT2D eigenvalue weighted by molar-refractivity contribution is -0.116. The maximum absolute atomic E-state index is 11.7. The fourth-order valence-electron chi connectivity index (χ4n) is 1.51. The van der Waals surface area contributed by atoms with E-state index in [4.69, 9.17) is 11.6 Å². The van der Waals surface area contributed by atoms with Gasteiger partial charge in [0, 0.05) is 23.0 Å². The van der Waals surface area contributed by atoms with E-state index in [-0.39, 0.29) is 6.54 Å². The topological polar surface area (TPSA) is 84.0 Å². The Morgan fingerprint density at radius 2 is 2.11 bits per heavy atom. The van der Waals surface area contributed by atoms with Gasteiger partial charge in [-0.15, -0.1) is 0 Å². The van der Waals surface area contributed by atoms with Gasteiger partial charge in [-0.05, 0) is 18.2 Å². The van der Waals surface area contributed by atoms with Crippen molar-refractivity contribution in [1.29, 1.82) is 0 Å². The number of nitrogens with one attached hydrogen (secondary N) is 2. The number of halogens is 1. The zero-order valence-corrected chi connectivity index (χ0v) is 10.5. The van der Waals surface area contributed by atoms with Crippen LogP contribution in [0.25, 0.3) is 0 Å². The van der Waals surface area contributed by atoms with Gasteiger partial charge in [-0.1, -0.05) is 17.7 Å². The number of aromatic amines is 1. The summed E-state index contributed by atoms with van der Waals surface area (Å²) in [5, 5.41) is 3.03. The highest BCUT2D eigenvalue weighted by atomic mass is 35.5. The molecule has 7 heteroatoms. The van der Waals surface area contributed by atoms with Crippen molar-refractivity contribution in [3.63, 3.8) is 0 Å². The third-order valence-corrected chi connectivity index (χ3v) is 2.59. The van der Waals surface area contributed by atoms with Gasteiger partial charge in [0.05, 0.1) is 0 Å². The van der Waals surface area contributed by atoms with E-state index >= 15 is 0 Å². The second kappa shape index (κ2) is 5.53. The fraction of sp³-hybridized carbons (Fsp3) is 0.0833. The Kier molecular flexibility index (Phi) is 3.82. The van der Waals surface area contributed by atoms with Crippen LogP contribution in [0.15, 0.2) is 46.1 Å². The molecular formula is C12H10ClN3O3. The summed E-state index contributed by atoms with van der Waals surface area (Å²) in [6.07, 6.45) is 1.23. The van der Waals surface area contributed by atoms with Crippen molar-refractivity contribution in [1.82, 2.24) is 9.55 Å². The van der Waals surface area contributed by atoms with Crippen LogP contribution in [0, 0.1) is 0 Å². The zero-order valence-electron chi connectivity index (χ0n) is 9.72. The highest BCUT2D eigenvalue weighted by Gasteiger charge is 2.07. The number of carbonyl (C=O) groups is 1. The first-order valence-electron chi connectivity index (χ1n) is 5.40. The van der Waals surface area contributed by atoms with Crippen LogP contribution < -0.4 is 16.6 Å². The minimum absolute atomic E-state index is 0.360. The molecule has 0 saturated carbocycles. The SMILES string of the molecule is O=C(Cn1c(=O)cc[nH]c1=O)Nc1cccc(Cl)c1. The van der Waals surface area contributed by atoms with Crippen LogP contribution in [-0.2, 0) is 11.3 Å². The maximum Gasteiger partial charge on any atom is 0.328 e. The summed E-state index contributed by atoms with van der Waals surface area (Å²) in [5.74, 6) is -0.485. The van der Waals surface area contributed by atoms with E-state index in [2.05, 4.69) is 10.3 Å². The molecule has 6 nitrogen and oxygen atoms in total. The van der Waals surface area contributed by atoms with Gasteiger partial charge in [0.2, 0.25) is 5.91 Å². The van der Waals surface area contributed by atoms with E-state index in [1.807, 2.05) is 0 Å². The minimum Gasteiger partial charge on any atom is -0.324 e. The summed E-state index contributed by atoms with van der Waals surface area (Å²) in [5.41, 5.74) is -0.670. The average Bonchev–Trinajstić information content (AvgIpc) is 2.34. The van der Waals surface area contributed by atoms with Gasteiger partial charge in [0.15, 0.2) is 0 Å². The molecule has 19 heavy (non-hydrogen) atoms. The van der Waals surface area contributed by atoms with Gasteiger partial charge in [-0.3, -0.25) is 14.2 Å². The quantitative estimate of drug-likeness (QED) is 0.873. The number of benzene rings is 1. The molecular weight excluding hydrogens is 270 g/mol. The van der Waals surface area contributed by atoms with Crippen molar-refractivity contribution in [2.75, 3.05) is 5.32 Å². The summed E-state index contributed by atoms with van der Waals surface area (Å²) in [4.78, 5) is 36.9. The largest absolute Gasteiger partial charge is 0.328 e. The van der Waals surface area contributed by atoms with E-state index < -0.39 is 17.2 Å². The molecule has 0 spiro atoms. The lowest BCUT2D eigenvalue weighted by Gasteiger charge is -2.06. The van der Waals surface area contributed by atoms with Gasteiger partial charge in [0.1, 0.15) is 6.54 Å². The van der Waals surface area contributed by atoms with Crippen molar-refractivity contribution in [3.8, 4) is 0 Å². The van der Waals surface area contributed by atoms with Crippen LogP contribution in [0.2, 0.25) is 5.02 Å². The Balaban J connectivity index is 2.14. The molecule has 1 aromatic heterocycles. The number of H-pyrrole nitrogens is 1. The molecule has 0 saturated heterocycles. The average molecular weight is 280 g/mol. The molecule has 1 heterocycles. The lowest BCUT2D eigenvalue weighted by atomic mass is 10.3. The Bertz CT molecular complexity index is 692. The predicted octanol–water partition coefficient (Wildman–Crippen LogP) is 0.829. The molecule has 0 aliphatic carbocycles. The number of hydrogen-bond acceptors (Lipinski definition) is 3. The second-order valence-electron chi connectivity index (χ2n) is 3.77. The first kappa shape index (κ1) is 13.1. The molecule has 1 aromatic carbocycles. The molecule has 0 unspecified atom stereocenters. The number of amides is 1. The molecule has 0 bridgehead atoms. The Hall–Kier alpha value is -2.34. The predicted molar refractivity (Wildman–Crippen MR) is 71.4 cm³/mol. The van der Waals surface area contributed by atoms with Crippen LogP contribution in [-0.4, -0.2) is 15.5 Å². The number of rotatable bonds is 3. The fourth-order valence-corrected chi connectivity index (χ4v) is 1.70. The third kappa shape index (κ3) is 3.32. The van der Waals surface area contributed by atoms with E-state index in [1.165, 1.54) is 12.3 Å². The minimum atomic E-state index is -0.631. The molecule has 1 amide bonds. The zero-order chi connectivity index (χ0) is 13.8. The van der Waals surface area contributed by atoms with E-state index in [0.717, 1.165) is 4.57 Å². The number of aromatic nitrogens is 2. The molecule has 98 valence electrons. The standard InChI is InChI=1S/C12H10ClN3O3/c13-8-2-1-3-9(6-8)15-10(17)7-16-11(18)4-5-14-12(16)19/h1-6H,7H2,(H,14,19)(H,15,17). The number of nitrogens with zero attached hydrogens (tertiary/aromatic N) is 1. The summed E-state index contributed by atoms with van der Waals surface area (Å²) >= 11 is 5.78. The van der Waals surface area contributed by atoms with Crippen molar-refractivity contribution in [3.05, 3.63) is 62.4 Å². The van der Waals surface area contributed by atoms with Crippen molar-refractivity contribution in [2.45, 2.75) is 6.54 Å². The highest BCUT2D eigenvalue weighted by Crippen LogP contribution is 2.14. The summed E-state index contributed by atoms with van der Waals surface area (Å²) in [7, 11) is 0. The number of anilines is 1. The highest BCUT2D eigenvalue weighted by molar-refractivity contribution is 6.30. The molecule has 0 aliphatic heterocycles. The Labute approximate surface area is 112 Å². The van der Waals surface area contributed by atoms with Crippen molar-refractivity contribution in [2.24, 2.45) is 0 Å². The van der Waals surface area contributed by atoms with Crippen LogP contribution in [0.5, 0.6) is 0 Å². The Morgan fingerprint density at radius 1 is 1.32 bits per heavy atom. The first-order chi connectivity index (χ1) is 9.06. The second-order valence-corrected chi connectivity index (χ2v) is 4.20. The maximum atomic E-state index is 11.7. The van der Waals surface area contributed by atoms with Gasteiger partial charge in [-0.2, -0.15) is 0 Å². The molecule has 0 fully saturated rings. The molecule has 0 aliphatic rings. The molecule has 2 aromatic rings. The van der Waals surface area contributed by atoms with Crippen LogP contribution >= 0.6 is 11.6 Å². The Morgan fingerprint density at radius 3 is 2.79 bits per heavy atom. The summed E-state index contributed by atoms with van der Waals surface area (Å²) in [6.45, 7) is -0.360. The molecule has 0 atom stereocenters. The monoisotopic (exact) mass is 279 g/mol. The normalized spacial score (nSPS) is 10.2. The third-order valence-electron chi connectivity index (χ3n) is 2.35. The van der Waals surface area contributed by atoms with Crippen molar-refractivity contribution >= 4 is 23.2 Å². The van der Waals surface area contributed by atoms with Crippen LogP contribution in [0.4, 0.5) is 5.69 Å². The lowest BCUT2D eigenvalue weighted by Crippen LogP contribution is -2.37. The molecule has 2 N–H and O–H groups in total. The van der Waals surface area contributed by atoms with Crippen LogP contribution in [0.3, 0.4) is 0 Å². The summed E-state index contributed by atoms with van der Waals surface area (Å²) < 4.78 is 0.805. The van der Waals surface area contributed by atoms with Crippen molar-refractivity contribution < 1.29 is 4.79 Å². The van der Waals surface area contributed by atoms with Gasteiger partial charge in [-0.25, -0.2) is 4.79 Å². The van der Waals surface area contributed by atoms with Gasteiger partial charge in [0.25, 0.3) is 5.56 Å². The number of hydrogen-bond donors (Lipinski definition) is 2. The molecule has 0 radical (unpaired) electrons. The van der Waals surface area contributed by atoms with Gasteiger partial charge >= 0.3 is 5.69 Å².